The fourth-order valence-electron chi connectivity index (χ4n) is 0.939. The first kappa shape index (κ1) is 14.2. The van der Waals surface area contributed by atoms with E-state index < -0.39 is 23.8 Å². The minimum Gasteiger partial charge on any atom is -0.445 e. The van der Waals surface area contributed by atoms with Gasteiger partial charge < -0.3 is 12.9 Å². The van der Waals surface area contributed by atoms with E-state index in [2.05, 4.69) is 0 Å². The Hall–Kier alpha value is 0.201. The van der Waals surface area contributed by atoms with E-state index in [1.54, 1.807) is 5.92 Å². The first-order valence-corrected chi connectivity index (χ1v) is 3.41. The van der Waals surface area contributed by atoms with Gasteiger partial charge in [-0.3, -0.25) is 0 Å². The molecule has 0 radical (unpaired) electrons. The van der Waals surface area contributed by atoms with E-state index in [-0.39, 0.29) is 51.4 Å². The molecule has 0 fully saturated rings. The van der Waals surface area contributed by atoms with Crippen LogP contribution in [0.3, 0.4) is 0 Å². The van der Waals surface area contributed by atoms with Crippen LogP contribution in [0.25, 0.3) is 0 Å². The molecular weight excluding hydrogens is 222 g/mol. The molecule has 0 saturated carbocycles. The Balaban J connectivity index is 0.00000169. The van der Waals surface area contributed by atoms with Crippen LogP contribution in [0.4, 0.5) is 17.3 Å². The van der Waals surface area contributed by atoms with Crippen LogP contribution in [0.5, 0.6) is 0 Å². The van der Waals surface area contributed by atoms with Crippen molar-refractivity contribution in [3.05, 3.63) is 29.6 Å². The number of halogens is 4. The first-order valence-electron chi connectivity index (χ1n) is 3.41. The standard InChI is InChI=1S/C8H4BF4.K/c1-2-6-5-7(10)3-4-8(6)9(11,12)13;/h1,3-5H;/q-1;+1. The van der Waals surface area contributed by atoms with Gasteiger partial charge in [-0.1, -0.05) is 17.4 Å². The van der Waals surface area contributed by atoms with Crippen molar-refractivity contribution in [1.82, 2.24) is 0 Å². The molecule has 0 spiro atoms. The van der Waals surface area contributed by atoms with Crippen molar-refractivity contribution in [2.24, 2.45) is 0 Å². The molecule has 0 unspecified atom stereocenters. The maximum Gasteiger partial charge on any atom is 1.00 e. The summed E-state index contributed by atoms with van der Waals surface area (Å²) in [5, 5.41) is 0. The third kappa shape index (κ3) is 3.41. The first-order chi connectivity index (χ1) is 5.95. The maximum atomic E-state index is 12.5. The molecule has 1 rings (SSSR count). The quantitative estimate of drug-likeness (QED) is 0.323. The Labute approximate surface area is 122 Å². The molecule has 1 aromatic carbocycles. The van der Waals surface area contributed by atoms with E-state index in [1.807, 2.05) is 0 Å². The Bertz CT molecular complexity index is 367. The van der Waals surface area contributed by atoms with Gasteiger partial charge in [0.1, 0.15) is 5.82 Å². The van der Waals surface area contributed by atoms with Crippen LogP contribution in [0.1, 0.15) is 5.56 Å². The summed E-state index contributed by atoms with van der Waals surface area (Å²) in [7, 11) is 0. The molecule has 0 atom stereocenters. The zero-order valence-corrected chi connectivity index (χ0v) is 10.5. The predicted molar refractivity (Wildman–Crippen MR) is 43.0 cm³/mol. The summed E-state index contributed by atoms with van der Waals surface area (Å²) in [5.41, 5.74) is -1.38. The summed E-state index contributed by atoms with van der Waals surface area (Å²) in [4.78, 5) is 0. The largest absolute Gasteiger partial charge is 1.00 e. The van der Waals surface area contributed by atoms with Crippen LogP contribution in [0, 0.1) is 18.2 Å². The monoisotopic (exact) mass is 226 g/mol. The van der Waals surface area contributed by atoms with Crippen LogP contribution in [-0.4, -0.2) is 6.98 Å². The third-order valence-corrected chi connectivity index (χ3v) is 1.52. The second-order valence-electron chi connectivity index (χ2n) is 2.45. The van der Waals surface area contributed by atoms with Crippen molar-refractivity contribution < 1.29 is 68.7 Å². The fraction of sp³-hybridized carbons (Fsp3) is 0. The molecule has 14 heavy (non-hydrogen) atoms. The van der Waals surface area contributed by atoms with Crippen LogP contribution in [0.15, 0.2) is 18.2 Å². The molecule has 0 aliphatic rings. The molecule has 0 amide bonds. The SMILES string of the molecule is C#Cc1cc(F)ccc1[B-](F)(F)F.[K+]. The van der Waals surface area contributed by atoms with Crippen LogP contribution in [0.2, 0.25) is 0 Å². The summed E-state index contributed by atoms with van der Waals surface area (Å²) >= 11 is 0. The number of rotatable bonds is 1. The van der Waals surface area contributed by atoms with E-state index in [4.69, 9.17) is 6.42 Å². The summed E-state index contributed by atoms with van der Waals surface area (Å²) in [5.74, 6) is 1.03. The average Bonchev–Trinajstić information content (AvgIpc) is 2.01. The molecule has 0 saturated heterocycles. The Kier molecular flexibility index (Phi) is 5.41. The zero-order chi connectivity index (χ0) is 10.1. The number of hydrogen-bond donors (Lipinski definition) is 0. The van der Waals surface area contributed by atoms with Crippen molar-refractivity contribution in [2.75, 3.05) is 0 Å². The third-order valence-electron chi connectivity index (χ3n) is 1.52. The van der Waals surface area contributed by atoms with E-state index in [0.717, 1.165) is 6.07 Å². The second-order valence-corrected chi connectivity index (χ2v) is 2.45. The summed E-state index contributed by atoms with van der Waals surface area (Å²) in [6.07, 6.45) is 4.81. The molecule has 0 aliphatic heterocycles. The number of terminal acetylenes is 1. The summed E-state index contributed by atoms with van der Waals surface area (Å²) in [6, 6.07) is 2.10. The van der Waals surface area contributed by atoms with Crippen molar-refractivity contribution in [3.63, 3.8) is 0 Å². The fourth-order valence-corrected chi connectivity index (χ4v) is 0.939. The van der Waals surface area contributed by atoms with Crippen LogP contribution >= 0.6 is 0 Å². The van der Waals surface area contributed by atoms with Crippen LogP contribution < -0.4 is 56.8 Å². The van der Waals surface area contributed by atoms with Gasteiger partial charge in [0.05, 0.1) is 0 Å². The number of hydrogen-bond acceptors (Lipinski definition) is 0. The average molecular weight is 226 g/mol. The maximum absolute atomic E-state index is 12.5. The minimum absolute atomic E-state index is 0. The molecule has 0 heterocycles. The second kappa shape index (κ2) is 5.33. The molecule has 0 aromatic heterocycles. The minimum atomic E-state index is -5.16. The smallest absolute Gasteiger partial charge is 0.445 e. The molecule has 6 heteroatoms. The molecule has 0 N–H and O–H groups in total. The Morgan fingerprint density at radius 2 is 1.79 bits per heavy atom. The molecular formula is C8H4BF4K. The van der Waals surface area contributed by atoms with E-state index >= 15 is 0 Å². The number of benzene rings is 1. The van der Waals surface area contributed by atoms with Gasteiger partial charge in [-0.25, -0.2) is 4.39 Å². The van der Waals surface area contributed by atoms with Gasteiger partial charge >= 0.3 is 58.4 Å². The summed E-state index contributed by atoms with van der Waals surface area (Å²) in [6.45, 7) is -5.16. The van der Waals surface area contributed by atoms with E-state index in [0.29, 0.717) is 12.1 Å². The molecule has 68 valence electrons. The van der Waals surface area contributed by atoms with E-state index in [9.17, 15) is 17.3 Å². The normalized spacial score (nSPS) is 10.2. The van der Waals surface area contributed by atoms with Gasteiger partial charge in [0, 0.05) is 5.56 Å². The van der Waals surface area contributed by atoms with Gasteiger partial charge in [-0.15, -0.1) is 6.42 Å². The molecule has 0 aliphatic carbocycles. The van der Waals surface area contributed by atoms with Crippen LogP contribution in [-0.2, 0) is 0 Å². The Morgan fingerprint density at radius 1 is 1.21 bits per heavy atom. The molecule has 0 bridgehead atoms. The predicted octanol–water partition coefficient (Wildman–Crippen LogP) is -1.13. The zero-order valence-electron chi connectivity index (χ0n) is 7.40. The van der Waals surface area contributed by atoms with Gasteiger partial charge in [0.2, 0.25) is 0 Å². The van der Waals surface area contributed by atoms with Crippen molar-refractivity contribution >= 4 is 12.4 Å². The van der Waals surface area contributed by atoms with Gasteiger partial charge in [-0.2, -0.15) is 0 Å². The molecule has 1 aromatic rings. The van der Waals surface area contributed by atoms with Crippen molar-refractivity contribution in [2.45, 2.75) is 0 Å². The van der Waals surface area contributed by atoms with Crippen molar-refractivity contribution in [1.29, 1.82) is 0 Å². The van der Waals surface area contributed by atoms with Gasteiger partial charge in [0.25, 0.3) is 0 Å². The van der Waals surface area contributed by atoms with Crippen molar-refractivity contribution in [3.8, 4) is 12.3 Å². The van der Waals surface area contributed by atoms with E-state index in [1.165, 1.54) is 0 Å². The van der Waals surface area contributed by atoms with Gasteiger partial charge in [-0.05, 0) is 12.1 Å². The topological polar surface area (TPSA) is 0 Å². The molecule has 0 nitrogen and oxygen atoms in total. The van der Waals surface area contributed by atoms with Gasteiger partial charge in [0.15, 0.2) is 0 Å². The summed E-state index contributed by atoms with van der Waals surface area (Å²) < 4.78 is 49.1. The Morgan fingerprint density at radius 3 is 2.21 bits per heavy atom.